The highest BCUT2D eigenvalue weighted by Gasteiger charge is 2.16. The van der Waals surface area contributed by atoms with Gasteiger partial charge in [-0.15, -0.1) is 0 Å². The smallest absolute Gasteiger partial charge is 0.0912 e. The minimum Gasteiger partial charge on any atom is -0.212 e. The summed E-state index contributed by atoms with van der Waals surface area (Å²) in [5, 5.41) is 8.10. The Balaban J connectivity index is 2.37. The topological polar surface area (TPSA) is 27.0 Å². The van der Waals surface area contributed by atoms with Crippen LogP contribution in [0.3, 0.4) is 0 Å². The zero-order valence-electron chi connectivity index (χ0n) is 4.26. The van der Waals surface area contributed by atoms with Crippen molar-refractivity contribution < 1.29 is 0 Å². The fourth-order valence-corrected chi connectivity index (χ4v) is 0.884. The standard InChI is InChI=1S/C5H5ClN2/c6-8-3-5(4-8)1-2-7/h1H,3-4H2. The van der Waals surface area contributed by atoms with Crippen LogP contribution in [0, 0.1) is 11.3 Å². The van der Waals surface area contributed by atoms with Crippen LogP contribution in [0.25, 0.3) is 0 Å². The van der Waals surface area contributed by atoms with Crippen molar-refractivity contribution in [2.24, 2.45) is 0 Å². The van der Waals surface area contributed by atoms with E-state index in [1.807, 2.05) is 6.07 Å². The molecule has 1 heterocycles. The number of nitrogens with zero attached hydrogens (tertiary/aromatic N) is 2. The van der Waals surface area contributed by atoms with Crippen molar-refractivity contribution >= 4 is 11.8 Å². The normalized spacial score (nSPS) is 19.2. The van der Waals surface area contributed by atoms with Crippen LogP contribution in [0.15, 0.2) is 11.6 Å². The van der Waals surface area contributed by atoms with Gasteiger partial charge in [0.2, 0.25) is 0 Å². The van der Waals surface area contributed by atoms with Crippen LogP contribution in [0.2, 0.25) is 0 Å². The molecule has 3 heteroatoms. The van der Waals surface area contributed by atoms with Crippen molar-refractivity contribution in [3.63, 3.8) is 0 Å². The van der Waals surface area contributed by atoms with E-state index in [1.165, 1.54) is 0 Å². The van der Waals surface area contributed by atoms with Gasteiger partial charge in [-0.05, 0) is 17.3 Å². The van der Waals surface area contributed by atoms with Crippen molar-refractivity contribution in [3.05, 3.63) is 11.6 Å². The van der Waals surface area contributed by atoms with Gasteiger partial charge in [-0.25, -0.2) is 4.42 Å². The molecule has 42 valence electrons. The lowest BCUT2D eigenvalue weighted by atomic mass is 10.1. The third-order valence-electron chi connectivity index (χ3n) is 1.02. The summed E-state index contributed by atoms with van der Waals surface area (Å²) in [5.41, 5.74) is 1.11. The van der Waals surface area contributed by atoms with Gasteiger partial charge in [-0.2, -0.15) is 5.26 Å². The highest BCUT2D eigenvalue weighted by Crippen LogP contribution is 2.14. The van der Waals surface area contributed by atoms with E-state index in [1.54, 1.807) is 10.5 Å². The summed E-state index contributed by atoms with van der Waals surface area (Å²) in [6, 6.07) is 1.94. The Morgan fingerprint density at radius 3 is 2.75 bits per heavy atom. The van der Waals surface area contributed by atoms with Crippen molar-refractivity contribution in [1.29, 1.82) is 5.26 Å². The van der Waals surface area contributed by atoms with Gasteiger partial charge in [0.25, 0.3) is 0 Å². The van der Waals surface area contributed by atoms with Crippen molar-refractivity contribution in [2.45, 2.75) is 0 Å². The SMILES string of the molecule is N#CC=C1CN(Cl)C1. The lowest BCUT2D eigenvalue weighted by molar-refractivity contribution is 0.431. The molecular formula is C5H5ClN2. The van der Waals surface area contributed by atoms with Crippen LogP contribution in [0.5, 0.6) is 0 Å². The number of halogens is 1. The molecule has 0 aliphatic carbocycles. The average molecular weight is 129 g/mol. The van der Waals surface area contributed by atoms with Gasteiger partial charge in [-0.3, -0.25) is 0 Å². The van der Waals surface area contributed by atoms with E-state index in [2.05, 4.69) is 0 Å². The molecule has 0 atom stereocenters. The van der Waals surface area contributed by atoms with Gasteiger partial charge >= 0.3 is 0 Å². The number of hydrogen-bond donors (Lipinski definition) is 0. The molecule has 1 aliphatic rings. The molecule has 1 aliphatic heterocycles. The molecule has 0 bridgehead atoms. The van der Waals surface area contributed by atoms with E-state index in [9.17, 15) is 0 Å². The second-order valence-corrected chi connectivity index (χ2v) is 2.19. The van der Waals surface area contributed by atoms with E-state index < -0.39 is 0 Å². The molecule has 0 aromatic rings. The number of hydrogen-bond acceptors (Lipinski definition) is 2. The minimum absolute atomic E-state index is 0.745. The second kappa shape index (κ2) is 2.17. The van der Waals surface area contributed by atoms with Crippen molar-refractivity contribution in [1.82, 2.24) is 4.42 Å². The maximum atomic E-state index is 8.10. The molecule has 0 unspecified atom stereocenters. The summed E-state index contributed by atoms with van der Waals surface area (Å²) in [6.07, 6.45) is 1.54. The molecule has 2 nitrogen and oxygen atoms in total. The van der Waals surface area contributed by atoms with Gasteiger partial charge in [-0.1, -0.05) is 0 Å². The van der Waals surface area contributed by atoms with Crippen LogP contribution in [-0.4, -0.2) is 17.5 Å². The Morgan fingerprint density at radius 2 is 2.38 bits per heavy atom. The summed E-state index contributed by atoms with van der Waals surface area (Å²) in [7, 11) is 0. The maximum absolute atomic E-state index is 8.10. The summed E-state index contributed by atoms with van der Waals surface area (Å²) >= 11 is 5.46. The molecule has 1 saturated heterocycles. The highest BCUT2D eigenvalue weighted by atomic mass is 35.5. The lowest BCUT2D eigenvalue weighted by Gasteiger charge is -2.25. The quantitative estimate of drug-likeness (QED) is 0.358. The molecule has 8 heavy (non-hydrogen) atoms. The lowest BCUT2D eigenvalue weighted by Crippen LogP contribution is -2.31. The molecule has 1 fully saturated rings. The van der Waals surface area contributed by atoms with Crippen LogP contribution in [0.1, 0.15) is 0 Å². The first-order valence-electron chi connectivity index (χ1n) is 2.31. The molecule has 0 amide bonds. The van der Waals surface area contributed by atoms with Crippen LogP contribution < -0.4 is 0 Å². The van der Waals surface area contributed by atoms with E-state index in [0.717, 1.165) is 18.7 Å². The summed E-state index contributed by atoms with van der Waals surface area (Å²) in [6.45, 7) is 1.49. The molecule has 0 aromatic heterocycles. The first-order chi connectivity index (χ1) is 3.83. The molecule has 0 saturated carbocycles. The minimum atomic E-state index is 0.745. The third-order valence-corrected chi connectivity index (χ3v) is 1.26. The van der Waals surface area contributed by atoms with Gasteiger partial charge in [0.15, 0.2) is 0 Å². The molecule has 0 aromatic carbocycles. The maximum Gasteiger partial charge on any atom is 0.0912 e. The number of rotatable bonds is 0. The molecule has 1 rings (SSSR count). The fourth-order valence-electron chi connectivity index (χ4n) is 0.577. The Kier molecular flexibility index (Phi) is 1.52. The van der Waals surface area contributed by atoms with Gasteiger partial charge < -0.3 is 0 Å². The predicted molar refractivity (Wildman–Crippen MR) is 31.1 cm³/mol. The van der Waals surface area contributed by atoms with Crippen molar-refractivity contribution in [3.8, 4) is 6.07 Å². The Hall–Kier alpha value is -0.520. The molecule has 0 spiro atoms. The van der Waals surface area contributed by atoms with Crippen molar-refractivity contribution in [2.75, 3.05) is 13.1 Å². The fraction of sp³-hybridized carbons (Fsp3) is 0.400. The largest absolute Gasteiger partial charge is 0.212 e. The van der Waals surface area contributed by atoms with Crippen LogP contribution in [-0.2, 0) is 0 Å². The Labute approximate surface area is 53.1 Å². The first kappa shape index (κ1) is 5.61. The summed E-state index contributed by atoms with van der Waals surface area (Å²) in [4.78, 5) is 0. The molecule has 0 N–H and O–H groups in total. The number of allylic oxidation sites excluding steroid dienone is 1. The average Bonchev–Trinajstić information content (AvgIpc) is 1.64. The summed E-state index contributed by atoms with van der Waals surface area (Å²) < 4.78 is 1.63. The third kappa shape index (κ3) is 1.00. The zero-order valence-corrected chi connectivity index (χ0v) is 5.02. The van der Waals surface area contributed by atoms with Gasteiger partial charge in [0, 0.05) is 19.2 Å². The predicted octanol–water partition coefficient (Wildman–Crippen LogP) is 0.906. The highest BCUT2D eigenvalue weighted by molar-refractivity contribution is 6.14. The molecular weight excluding hydrogens is 124 g/mol. The zero-order chi connectivity index (χ0) is 5.98. The Morgan fingerprint density at radius 1 is 1.75 bits per heavy atom. The van der Waals surface area contributed by atoms with Crippen LogP contribution >= 0.6 is 11.8 Å². The first-order valence-corrected chi connectivity index (χ1v) is 2.65. The summed E-state index contributed by atoms with van der Waals surface area (Å²) in [5.74, 6) is 0. The van der Waals surface area contributed by atoms with E-state index in [-0.39, 0.29) is 0 Å². The Bertz CT molecular complexity index is 148. The van der Waals surface area contributed by atoms with Crippen LogP contribution in [0.4, 0.5) is 0 Å². The van der Waals surface area contributed by atoms with Gasteiger partial charge in [0.05, 0.1) is 6.07 Å². The monoisotopic (exact) mass is 128 g/mol. The number of nitriles is 1. The molecule has 0 radical (unpaired) electrons. The second-order valence-electron chi connectivity index (χ2n) is 1.71. The van der Waals surface area contributed by atoms with E-state index in [4.69, 9.17) is 17.0 Å². The van der Waals surface area contributed by atoms with E-state index in [0.29, 0.717) is 0 Å². The van der Waals surface area contributed by atoms with Gasteiger partial charge in [0.1, 0.15) is 0 Å². The van der Waals surface area contributed by atoms with E-state index >= 15 is 0 Å².